The molecule has 6 heteroatoms. The van der Waals surface area contributed by atoms with Crippen LogP contribution >= 0.6 is 0 Å². The topological polar surface area (TPSA) is 44.1 Å². The summed E-state index contributed by atoms with van der Waals surface area (Å²) in [7, 11) is -1.92. The first kappa shape index (κ1) is 22.2. The number of hydrogen-bond donors (Lipinski definition) is 0. The summed E-state index contributed by atoms with van der Waals surface area (Å²) in [5, 5.41) is 4.76. The molecule has 2 aliphatic rings. The number of carbonyl (C=O) groups excluding carboxylic acids is 1. The van der Waals surface area contributed by atoms with Crippen LogP contribution in [0.2, 0.25) is 18.1 Å². The zero-order valence-corrected chi connectivity index (χ0v) is 20.2. The predicted molar refractivity (Wildman–Crippen MR) is 124 cm³/mol. The lowest BCUT2D eigenvalue weighted by Gasteiger charge is -2.53. The van der Waals surface area contributed by atoms with E-state index in [1.54, 1.807) is 12.1 Å². The van der Waals surface area contributed by atoms with Crippen molar-refractivity contribution >= 4 is 20.7 Å². The lowest BCUT2D eigenvalue weighted by Crippen LogP contribution is -2.47. The minimum Gasteiger partial charge on any atom is -0.564 e. The van der Waals surface area contributed by atoms with E-state index in [1.807, 2.05) is 10.9 Å². The maximum absolute atomic E-state index is 13.4. The second-order valence-electron chi connectivity index (χ2n) is 10.8. The van der Waals surface area contributed by atoms with Gasteiger partial charge >= 0.3 is 0 Å². The first-order chi connectivity index (χ1) is 14.5. The van der Waals surface area contributed by atoms with E-state index in [-0.39, 0.29) is 22.2 Å². The van der Waals surface area contributed by atoms with Gasteiger partial charge in [0.25, 0.3) is 0 Å². The molecule has 0 N–H and O–H groups in total. The lowest BCUT2D eigenvalue weighted by atomic mass is 9.62. The van der Waals surface area contributed by atoms with Crippen LogP contribution < -0.4 is 0 Å². The van der Waals surface area contributed by atoms with E-state index in [0.717, 1.165) is 43.4 Å². The van der Waals surface area contributed by atoms with Crippen molar-refractivity contribution in [1.82, 2.24) is 9.78 Å². The molecule has 2 aromatic rings. The molecule has 0 saturated heterocycles. The minimum atomic E-state index is -1.92. The third-order valence-corrected chi connectivity index (χ3v) is 12.1. The average Bonchev–Trinajstić information content (AvgIpc) is 3.12. The van der Waals surface area contributed by atoms with Gasteiger partial charge in [-0.1, -0.05) is 26.3 Å². The highest BCUT2D eigenvalue weighted by Crippen LogP contribution is 2.51. The Kier molecular flexibility index (Phi) is 5.59. The van der Waals surface area contributed by atoms with Crippen LogP contribution in [-0.4, -0.2) is 31.0 Å². The van der Waals surface area contributed by atoms with Crippen LogP contribution in [0.4, 0.5) is 4.39 Å². The van der Waals surface area contributed by atoms with Gasteiger partial charge in [0.05, 0.1) is 17.6 Å². The van der Waals surface area contributed by atoms with Crippen LogP contribution in [0.3, 0.4) is 0 Å². The van der Waals surface area contributed by atoms with Crippen LogP contribution in [0.25, 0.3) is 11.8 Å². The largest absolute Gasteiger partial charge is 0.564 e. The molecule has 1 fully saturated rings. The summed E-state index contributed by atoms with van der Waals surface area (Å²) in [6.45, 7) is 12.0. The molecule has 167 valence electrons. The highest BCUT2D eigenvalue weighted by Gasteiger charge is 2.44. The Labute approximate surface area is 185 Å². The summed E-state index contributed by atoms with van der Waals surface area (Å²) in [6, 6.07) is 6.44. The molecule has 0 unspecified atom stereocenters. The summed E-state index contributed by atoms with van der Waals surface area (Å²) in [6.07, 6.45) is 8.75. The quantitative estimate of drug-likeness (QED) is 0.426. The van der Waals surface area contributed by atoms with Gasteiger partial charge < -0.3 is 9.22 Å². The molecule has 4 rings (SSSR count). The average molecular weight is 441 g/mol. The van der Waals surface area contributed by atoms with E-state index in [4.69, 9.17) is 4.43 Å². The Morgan fingerprint density at radius 1 is 1.29 bits per heavy atom. The monoisotopic (exact) mass is 440 g/mol. The fourth-order valence-electron chi connectivity index (χ4n) is 4.61. The molecule has 0 amide bonds. The molecule has 0 aliphatic heterocycles. The third kappa shape index (κ3) is 4.08. The molecule has 31 heavy (non-hydrogen) atoms. The maximum Gasteiger partial charge on any atom is 0.123 e. The van der Waals surface area contributed by atoms with Crippen molar-refractivity contribution in [3.05, 3.63) is 53.1 Å². The molecular formula is C25H33FN2O2Si-. The number of nitrogens with zero attached hydrogens (tertiary/aromatic N) is 2. The number of aldehydes is 1. The molecule has 0 spiro atoms. The Balaban J connectivity index is 1.70. The lowest BCUT2D eigenvalue weighted by molar-refractivity contribution is -0.112. The van der Waals surface area contributed by atoms with E-state index in [1.165, 1.54) is 23.3 Å². The van der Waals surface area contributed by atoms with Crippen LogP contribution in [0, 0.1) is 17.2 Å². The van der Waals surface area contributed by atoms with Gasteiger partial charge in [-0.25, -0.2) is 9.07 Å². The Morgan fingerprint density at radius 3 is 2.65 bits per heavy atom. The first-order valence-corrected chi connectivity index (χ1v) is 14.1. The number of rotatable bonds is 5. The number of halogens is 1. The van der Waals surface area contributed by atoms with Crippen LogP contribution in [-0.2, 0) is 15.6 Å². The molecular weight excluding hydrogens is 407 g/mol. The number of aromatic nitrogens is 2. The number of fused-ring (bicyclic) bond motifs is 2. The van der Waals surface area contributed by atoms with Gasteiger partial charge in [-0.3, -0.25) is 0 Å². The van der Waals surface area contributed by atoms with Gasteiger partial charge in [0.15, 0.2) is 0 Å². The Bertz CT molecular complexity index is 1000. The zero-order valence-electron chi connectivity index (χ0n) is 19.2. The van der Waals surface area contributed by atoms with Crippen molar-refractivity contribution in [3.8, 4) is 5.69 Å². The van der Waals surface area contributed by atoms with Gasteiger partial charge in [-0.15, -0.1) is 18.1 Å². The highest BCUT2D eigenvalue weighted by molar-refractivity contribution is 6.74. The molecule has 1 saturated carbocycles. The van der Waals surface area contributed by atoms with E-state index >= 15 is 0 Å². The molecule has 1 aromatic carbocycles. The zero-order chi connectivity index (χ0) is 22.4. The summed E-state index contributed by atoms with van der Waals surface area (Å²) in [5.74, 6) is -0.175. The minimum absolute atomic E-state index is 0.0776. The summed E-state index contributed by atoms with van der Waals surface area (Å²) < 4.78 is 22.0. The fourth-order valence-corrected chi connectivity index (χ4v) is 5.68. The van der Waals surface area contributed by atoms with Gasteiger partial charge in [0.1, 0.15) is 12.1 Å². The molecule has 4 nitrogen and oxygen atoms in total. The third-order valence-electron chi connectivity index (χ3n) is 7.62. The molecule has 1 aromatic heterocycles. The van der Waals surface area contributed by atoms with E-state index in [2.05, 4.69) is 45.0 Å². The molecule has 0 bridgehead atoms. The van der Waals surface area contributed by atoms with Crippen molar-refractivity contribution < 1.29 is 13.6 Å². The second kappa shape index (κ2) is 7.82. The van der Waals surface area contributed by atoms with Gasteiger partial charge in [0.2, 0.25) is 0 Å². The number of hydrogen-bond acceptors (Lipinski definition) is 3. The Hall–Kier alpha value is -2.05. The van der Waals surface area contributed by atoms with E-state index in [0.29, 0.717) is 6.61 Å². The van der Waals surface area contributed by atoms with Gasteiger partial charge in [0, 0.05) is 17.9 Å². The van der Waals surface area contributed by atoms with Crippen molar-refractivity contribution in [2.24, 2.45) is 11.3 Å². The number of benzene rings is 1. The van der Waals surface area contributed by atoms with Gasteiger partial charge in [-0.2, -0.15) is 5.10 Å². The normalized spacial score (nSPS) is 23.7. The maximum atomic E-state index is 13.4. The van der Waals surface area contributed by atoms with Crippen LogP contribution in [0.15, 0.2) is 36.0 Å². The SMILES string of the molecule is CC(C)(C)[Si-](C)(C)OC[C@]12Cc3cnn(-c4ccc(F)cc4)c3C=C1CC[C@H](C=O)C2. The summed E-state index contributed by atoms with van der Waals surface area (Å²) in [5.41, 5.74) is 4.29. The predicted octanol–water partition coefficient (Wildman–Crippen LogP) is 5.96. The van der Waals surface area contributed by atoms with E-state index in [9.17, 15) is 9.18 Å². The standard InChI is InChI=1S/C25H33FN2O2Si/c1-24(2,3)31(4,5)30-17-25-13-18(16-29)6-7-20(25)12-23-19(14-25)15-27-28(23)22-10-8-21(26)9-11-22/h8-12,15-16,18H,6-7,13-14,17H2,1-5H3/q-1/t18-,25-/m0/s1. The van der Waals surface area contributed by atoms with Crippen LogP contribution in [0.1, 0.15) is 51.3 Å². The number of carbonyl (C=O) groups is 1. The van der Waals surface area contributed by atoms with Crippen molar-refractivity contribution in [3.63, 3.8) is 0 Å². The fraction of sp³-hybridized carbons (Fsp3) is 0.520. The van der Waals surface area contributed by atoms with Crippen molar-refractivity contribution in [1.29, 1.82) is 0 Å². The smallest absolute Gasteiger partial charge is 0.123 e. The molecule has 2 atom stereocenters. The van der Waals surface area contributed by atoms with E-state index < -0.39 is 8.32 Å². The Morgan fingerprint density at radius 2 is 2.00 bits per heavy atom. The van der Waals surface area contributed by atoms with Gasteiger partial charge in [-0.05, 0) is 69.9 Å². The second-order valence-corrected chi connectivity index (χ2v) is 15.6. The molecule has 0 radical (unpaired) electrons. The van der Waals surface area contributed by atoms with Crippen molar-refractivity contribution in [2.75, 3.05) is 6.61 Å². The molecule has 1 heterocycles. The summed E-state index contributed by atoms with van der Waals surface area (Å²) >= 11 is 0. The first-order valence-electron chi connectivity index (χ1n) is 11.2. The molecule has 2 aliphatic carbocycles. The highest BCUT2D eigenvalue weighted by atomic mass is 28.4. The van der Waals surface area contributed by atoms with Crippen LogP contribution in [0.5, 0.6) is 0 Å². The summed E-state index contributed by atoms with van der Waals surface area (Å²) in [4.78, 5) is 11.7. The van der Waals surface area contributed by atoms with Crippen molar-refractivity contribution in [2.45, 2.75) is 64.6 Å².